The molecule has 110 valence electrons. The van der Waals surface area contributed by atoms with Gasteiger partial charge < -0.3 is 5.32 Å². The first-order chi connectivity index (χ1) is 10.7. The summed E-state index contributed by atoms with van der Waals surface area (Å²) in [7, 11) is 0. The second-order valence-electron chi connectivity index (χ2n) is 5.80. The number of imide groups is 1. The second kappa shape index (κ2) is 4.70. The van der Waals surface area contributed by atoms with Crippen LogP contribution < -0.4 is 10.6 Å². The maximum atomic E-state index is 12.8. The van der Waals surface area contributed by atoms with Gasteiger partial charge >= 0.3 is 6.03 Å². The number of amides is 3. The van der Waals surface area contributed by atoms with Gasteiger partial charge in [0.15, 0.2) is 5.54 Å². The topological polar surface area (TPSA) is 58.2 Å². The maximum Gasteiger partial charge on any atom is 0.322 e. The van der Waals surface area contributed by atoms with E-state index in [1.807, 2.05) is 36.4 Å². The number of urea groups is 1. The van der Waals surface area contributed by atoms with E-state index in [0.29, 0.717) is 0 Å². The summed E-state index contributed by atoms with van der Waals surface area (Å²) in [5, 5.41) is 5.32. The molecule has 1 atom stereocenters. The minimum atomic E-state index is -1.11. The molecule has 0 saturated carbocycles. The largest absolute Gasteiger partial charge is 0.322 e. The summed E-state index contributed by atoms with van der Waals surface area (Å²) in [6.07, 6.45) is 10.7. The molecular weight excluding hydrogens is 276 g/mol. The first-order valence-electron chi connectivity index (χ1n) is 7.50. The quantitative estimate of drug-likeness (QED) is 0.722. The lowest BCUT2D eigenvalue weighted by atomic mass is 9.73. The summed E-state index contributed by atoms with van der Waals surface area (Å²) in [5.74, 6) is -0.292. The van der Waals surface area contributed by atoms with Crippen molar-refractivity contribution in [1.82, 2.24) is 10.6 Å². The smallest absolute Gasteiger partial charge is 0.316 e. The predicted octanol–water partition coefficient (Wildman–Crippen LogP) is 2.48. The van der Waals surface area contributed by atoms with Crippen LogP contribution in [-0.2, 0) is 16.8 Å². The number of hydrogen-bond donors (Lipinski definition) is 2. The summed E-state index contributed by atoms with van der Waals surface area (Å²) in [5.41, 5.74) is 2.88. The van der Waals surface area contributed by atoms with Crippen molar-refractivity contribution >= 4 is 11.9 Å². The number of aryl methyl sites for hydroxylation is 1. The Balaban J connectivity index is 2.03. The highest BCUT2D eigenvalue weighted by Crippen LogP contribution is 2.42. The summed E-state index contributed by atoms with van der Waals surface area (Å²) >= 11 is 0. The fourth-order valence-corrected chi connectivity index (χ4v) is 3.62. The number of allylic oxidation sites excluding steroid dienone is 4. The number of hydrogen-bond acceptors (Lipinski definition) is 2. The summed E-state index contributed by atoms with van der Waals surface area (Å²) in [4.78, 5) is 24.7. The minimum Gasteiger partial charge on any atom is -0.316 e. The zero-order valence-corrected chi connectivity index (χ0v) is 12.1. The van der Waals surface area contributed by atoms with Gasteiger partial charge in [-0.15, -0.1) is 0 Å². The Morgan fingerprint density at radius 3 is 2.82 bits per heavy atom. The molecule has 1 spiro atoms. The van der Waals surface area contributed by atoms with E-state index in [-0.39, 0.29) is 5.91 Å². The van der Waals surface area contributed by atoms with Crippen molar-refractivity contribution in [3.05, 3.63) is 70.8 Å². The molecule has 22 heavy (non-hydrogen) atoms. The van der Waals surface area contributed by atoms with Gasteiger partial charge in [-0.2, -0.15) is 0 Å². The Kier molecular flexibility index (Phi) is 2.79. The van der Waals surface area contributed by atoms with Crippen molar-refractivity contribution in [1.29, 1.82) is 0 Å². The molecule has 1 aromatic carbocycles. The van der Waals surface area contributed by atoms with Gasteiger partial charge in [-0.25, -0.2) is 4.79 Å². The molecule has 0 radical (unpaired) electrons. The van der Waals surface area contributed by atoms with E-state index in [1.54, 1.807) is 0 Å². The zero-order chi connectivity index (χ0) is 15.2. The monoisotopic (exact) mass is 292 g/mol. The van der Waals surface area contributed by atoms with E-state index in [9.17, 15) is 9.59 Å². The number of nitrogens with one attached hydrogen (secondary N) is 2. The van der Waals surface area contributed by atoms with Gasteiger partial charge in [-0.05, 0) is 41.5 Å². The molecule has 4 nitrogen and oxygen atoms in total. The Morgan fingerprint density at radius 1 is 1.14 bits per heavy atom. The summed E-state index contributed by atoms with van der Waals surface area (Å²) in [6.45, 7) is 0. The van der Waals surface area contributed by atoms with Gasteiger partial charge in [0, 0.05) is 0 Å². The third-order valence-corrected chi connectivity index (χ3v) is 4.58. The summed E-state index contributed by atoms with van der Waals surface area (Å²) in [6, 6.07) is 7.44. The van der Waals surface area contributed by atoms with Crippen LogP contribution in [0.25, 0.3) is 0 Å². The maximum absolute atomic E-state index is 12.8. The van der Waals surface area contributed by atoms with E-state index >= 15 is 0 Å². The highest BCUT2D eigenvalue weighted by Gasteiger charge is 2.52. The lowest BCUT2D eigenvalue weighted by Gasteiger charge is -2.35. The van der Waals surface area contributed by atoms with Crippen molar-refractivity contribution in [2.45, 2.75) is 24.8 Å². The fourth-order valence-electron chi connectivity index (χ4n) is 3.62. The van der Waals surface area contributed by atoms with Gasteiger partial charge in [0.25, 0.3) is 5.91 Å². The van der Waals surface area contributed by atoms with Gasteiger partial charge in [0.2, 0.25) is 0 Å². The van der Waals surface area contributed by atoms with E-state index in [4.69, 9.17) is 0 Å². The van der Waals surface area contributed by atoms with Crippen molar-refractivity contribution in [3.63, 3.8) is 0 Å². The van der Waals surface area contributed by atoms with Crippen LogP contribution in [0.4, 0.5) is 4.79 Å². The Labute approximate surface area is 128 Å². The highest BCUT2D eigenvalue weighted by molar-refractivity contribution is 6.10. The van der Waals surface area contributed by atoms with E-state index in [2.05, 4.69) is 22.8 Å². The lowest BCUT2D eigenvalue weighted by Crippen LogP contribution is -2.47. The van der Waals surface area contributed by atoms with Gasteiger partial charge in [-0.1, -0.05) is 48.6 Å². The molecule has 1 saturated heterocycles. The average molecular weight is 292 g/mol. The predicted molar refractivity (Wildman–Crippen MR) is 83.0 cm³/mol. The first kappa shape index (κ1) is 13.1. The van der Waals surface area contributed by atoms with Gasteiger partial charge in [-0.3, -0.25) is 10.1 Å². The molecule has 3 amide bonds. The Hall–Kier alpha value is -2.62. The van der Waals surface area contributed by atoms with Crippen LogP contribution in [0, 0.1) is 0 Å². The number of rotatable bonds is 0. The van der Waals surface area contributed by atoms with Crippen LogP contribution in [0.1, 0.15) is 24.0 Å². The normalized spacial score (nSPS) is 26.2. The van der Waals surface area contributed by atoms with E-state index in [1.165, 1.54) is 0 Å². The lowest BCUT2D eigenvalue weighted by molar-refractivity contribution is -0.123. The molecule has 1 fully saturated rings. The number of carbonyl (C=O) groups excluding carboxylic acids is 2. The van der Waals surface area contributed by atoms with Crippen LogP contribution in [0.3, 0.4) is 0 Å². The molecular formula is C18H16N2O2. The SMILES string of the molecule is O=C1NC(=O)[C@@]2(N1)C1=CC=CCC1=CCCc1ccccc12. The van der Waals surface area contributed by atoms with Crippen molar-refractivity contribution in [2.75, 3.05) is 0 Å². The zero-order valence-electron chi connectivity index (χ0n) is 12.1. The molecule has 1 aromatic rings. The molecule has 1 aliphatic heterocycles. The van der Waals surface area contributed by atoms with Gasteiger partial charge in [0.1, 0.15) is 0 Å². The van der Waals surface area contributed by atoms with Crippen LogP contribution in [0.15, 0.2) is 59.7 Å². The van der Waals surface area contributed by atoms with Crippen molar-refractivity contribution in [2.24, 2.45) is 0 Å². The van der Waals surface area contributed by atoms with E-state index in [0.717, 1.165) is 41.5 Å². The molecule has 2 aliphatic carbocycles. The number of fused-ring (bicyclic) bond motifs is 4. The molecule has 4 rings (SSSR count). The third kappa shape index (κ3) is 1.70. The molecule has 0 bridgehead atoms. The minimum absolute atomic E-state index is 0.292. The molecule has 3 aliphatic rings. The van der Waals surface area contributed by atoms with Crippen LogP contribution in [0.5, 0.6) is 0 Å². The van der Waals surface area contributed by atoms with Crippen LogP contribution >= 0.6 is 0 Å². The molecule has 1 heterocycles. The Bertz CT molecular complexity index is 773. The standard InChI is InChI=1S/C18H16N2O2/c21-16-18(20-17(22)19-16)14-10-3-1-6-12(14)8-5-9-13-7-2-4-11-15(13)18/h1-4,6,9-11H,5,7-8H2,(H2,19,20,21,22)/t18-/m0/s1. The molecule has 0 unspecified atom stereocenters. The average Bonchev–Trinajstić information content (AvgIpc) is 2.82. The van der Waals surface area contributed by atoms with Crippen molar-refractivity contribution < 1.29 is 9.59 Å². The second-order valence-corrected chi connectivity index (χ2v) is 5.80. The molecule has 4 heteroatoms. The molecule has 0 aromatic heterocycles. The summed E-state index contributed by atoms with van der Waals surface area (Å²) < 4.78 is 0. The fraction of sp³-hybridized carbons (Fsp3) is 0.222. The van der Waals surface area contributed by atoms with Crippen molar-refractivity contribution in [3.8, 4) is 0 Å². The van der Waals surface area contributed by atoms with Crippen LogP contribution in [-0.4, -0.2) is 11.9 Å². The number of benzene rings is 1. The Morgan fingerprint density at radius 2 is 2.00 bits per heavy atom. The first-order valence-corrected chi connectivity index (χ1v) is 7.50. The number of carbonyl (C=O) groups is 2. The highest BCUT2D eigenvalue weighted by atomic mass is 16.2. The third-order valence-electron chi connectivity index (χ3n) is 4.58. The van der Waals surface area contributed by atoms with E-state index < -0.39 is 11.6 Å². The van der Waals surface area contributed by atoms with Gasteiger partial charge in [0.05, 0.1) is 0 Å². The van der Waals surface area contributed by atoms with Crippen LogP contribution in [0.2, 0.25) is 0 Å². The molecule has 2 N–H and O–H groups in total.